The van der Waals surface area contributed by atoms with Crippen LogP contribution >= 0.6 is 0 Å². The predicted molar refractivity (Wildman–Crippen MR) is 72.9 cm³/mol. The van der Waals surface area contributed by atoms with Crippen molar-refractivity contribution in [2.75, 3.05) is 19.0 Å². The van der Waals surface area contributed by atoms with Crippen molar-refractivity contribution in [3.8, 4) is 16.9 Å². The van der Waals surface area contributed by atoms with Gasteiger partial charge in [-0.25, -0.2) is 0 Å². The summed E-state index contributed by atoms with van der Waals surface area (Å²) >= 11 is 0. The summed E-state index contributed by atoms with van der Waals surface area (Å²) in [5.74, 6) is -0.217. The number of rotatable bonds is 3. The third kappa shape index (κ3) is 3.66. The van der Waals surface area contributed by atoms with Gasteiger partial charge in [0.1, 0.15) is 5.75 Å². The molecule has 0 amide bonds. The van der Waals surface area contributed by atoms with Gasteiger partial charge in [-0.2, -0.15) is 0 Å². The maximum Gasteiger partial charge on any atom is 0.573 e. The highest BCUT2D eigenvalue weighted by Crippen LogP contribution is 2.27. The van der Waals surface area contributed by atoms with Gasteiger partial charge < -0.3 is 9.64 Å². The summed E-state index contributed by atoms with van der Waals surface area (Å²) < 4.78 is 40.0. The van der Waals surface area contributed by atoms with E-state index >= 15 is 0 Å². The lowest BCUT2D eigenvalue weighted by Gasteiger charge is -2.13. The molecule has 0 radical (unpaired) electrons. The van der Waals surface area contributed by atoms with Crippen molar-refractivity contribution in [1.29, 1.82) is 0 Å². The first kappa shape index (κ1) is 14.2. The number of hydrogen-bond acceptors (Lipinski definition) is 2. The number of anilines is 1. The molecule has 0 fully saturated rings. The molecule has 0 saturated heterocycles. The van der Waals surface area contributed by atoms with Gasteiger partial charge in [0, 0.05) is 19.8 Å². The van der Waals surface area contributed by atoms with Gasteiger partial charge in [0.2, 0.25) is 0 Å². The topological polar surface area (TPSA) is 12.5 Å². The van der Waals surface area contributed by atoms with E-state index in [4.69, 9.17) is 0 Å². The molecule has 0 aliphatic carbocycles. The molecular formula is C15H14F3NO. The van der Waals surface area contributed by atoms with Crippen LogP contribution in [0, 0.1) is 0 Å². The highest BCUT2D eigenvalue weighted by molar-refractivity contribution is 5.66. The van der Waals surface area contributed by atoms with Crippen molar-refractivity contribution in [1.82, 2.24) is 0 Å². The minimum atomic E-state index is -4.66. The SMILES string of the molecule is CN(C)c1ccc(-c2ccc(OC(F)(F)F)cc2)cc1. The molecule has 0 saturated carbocycles. The van der Waals surface area contributed by atoms with Crippen molar-refractivity contribution in [2.45, 2.75) is 6.36 Å². The van der Waals surface area contributed by atoms with E-state index in [-0.39, 0.29) is 5.75 Å². The fourth-order valence-electron chi connectivity index (χ4n) is 1.80. The van der Waals surface area contributed by atoms with Crippen molar-refractivity contribution >= 4 is 5.69 Å². The molecule has 0 spiro atoms. The molecule has 5 heteroatoms. The Balaban J connectivity index is 2.17. The van der Waals surface area contributed by atoms with Crippen molar-refractivity contribution in [3.63, 3.8) is 0 Å². The monoisotopic (exact) mass is 281 g/mol. The molecule has 2 aromatic rings. The first-order valence-electron chi connectivity index (χ1n) is 5.99. The summed E-state index contributed by atoms with van der Waals surface area (Å²) in [5, 5.41) is 0. The Morgan fingerprint density at radius 3 is 1.65 bits per heavy atom. The van der Waals surface area contributed by atoms with Crippen LogP contribution in [0.15, 0.2) is 48.5 Å². The molecule has 0 aliphatic heterocycles. The van der Waals surface area contributed by atoms with Crippen LogP contribution in [-0.4, -0.2) is 20.5 Å². The summed E-state index contributed by atoms with van der Waals surface area (Å²) in [6, 6.07) is 13.6. The van der Waals surface area contributed by atoms with Crippen molar-refractivity contribution < 1.29 is 17.9 Å². The van der Waals surface area contributed by atoms with E-state index in [0.717, 1.165) is 16.8 Å². The van der Waals surface area contributed by atoms with Gasteiger partial charge in [0.05, 0.1) is 0 Å². The Kier molecular flexibility index (Phi) is 3.88. The van der Waals surface area contributed by atoms with Crippen LogP contribution in [0.25, 0.3) is 11.1 Å². The molecule has 0 aliphatic rings. The molecule has 0 aromatic heterocycles. The van der Waals surface area contributed by atoms with Crippen LogP contribution in [0.3, 0.4) is 0 Å². The Morgan fingerprint density at radius 1 is 0.800 bits per heavy atom. The largest absolute Gasteiger partial charge is 0.573 e. The second-order valence-corrected chi connectivity index (χ2v) is 4.51. The molecule has 0 bridgehead atoms. The molecule has 20 heavy (non-hydrogen) atoms. The number of halogens is 3. The average molecular weight is 281 g/mol. The molecule has 2 nitrogen and oxygen atoms in total. The average Bonchev–Trinajstić information content (AvgIpc) is 2.38. The Labute approximate surface area is 115 Å². The smallest absolute Gasteiger partial charge is 0.406 e. The van der Waals surface area contributed by atoms with Gasteiger partial charge in [-0.15, -0.1) is 13.2 Å². The number of hydrogen-bond donors (Lipinski definition) is 0. The zero-order valence-electron chi connectivity index (χ0n) is 11.1. The van der Waals surface area contributed by atoms with Crippen LogP contribution in [0.4, 0.5) is 18.9 Å². The molecule has 0 unspecified atom stereocenters. The van der Waals surface area contributed by atoms with E-state index in [2.05, 4.69) is 4.74 Å². The maximum atomic E-state index is 12.1. The summed E-state index contributed by atoms with van der Waals surface area (Å²) in [5.41, 5.74) is 2.84. The summed E-state index contributed by atoms with van der Waals surface area (Å²) in [6.07, 6.45) is -4.66. The molecule has 2 rings (SSSR count). The third-order valence-electron chi connectivity index (χ3n) is 2.80. The zero-order valence-corrected chi connectivity index (χ0v) is 11.1. The summed E-state index contributed by atoms with van der Waals surface area (Å²) in [6.45, 7) is 0. The second kappa shape index (κ2) is 5.45. The normalized spacial score (nSPS) is 11.2. The summed E-state index contributed by atoms with van der Waals surface area (Å²) in [4.78, 5) is 1.98. The van der Waals surface area contributed by atoms with Crippen LogP contribution in [-0.2, 0) is 0 Å². The lowest BCUT2D eigenvalue weighted by molar-refractivity contribution is -0.274. The Bertz CT molecular complexity index is 559. The standard InChI is InChI=1S/C15H14F3NO/c1-19(2)13-7-3-11(4-8-13)12-5-9-14(10-6-12)20-15(16,17)18/h3-10H,1-2H3. The first-order chi connectivity index (χ1) is 9.35. The van der Waals surface area contributed by atoms with Crippen LogP contribution in [0.5, 0.6) is 5.75 Å². The molecule has 0 heterocycles. The van der Waals surface area contributed by atoms with Crippen LogP contribution in [0.2, 0.25) is 0 Å². The van der Waals surface area contributed by atoms with Crippen molar-refractivity contribution in [2.24, 2.45) is 0 Å². The lowest BCUT2D eigenvalue weighted by atomic mass is 10.1. The minimum absolute atomic E-state index is 0.217. The molecular weight excluding hydrogens is 267 g/mol. The highest BCUT2D eigenvalue weighted by Gasteiger charge is 2.30. The van der Waals surface area contributed by atoms with E-state index in [1.807, 2.05) is 43.3 Å². The zero-order chi connectivity index (χ0) is 14.8. The number of nitrogens with zero attached hydrogens (tertiary/aromatic N) is 1. The van der Waals surface area contributed by atoms with Gasteiger partial charge in [0.15, 0.2) is 0 Å². The van der Waals surface area contributed by atoms with Gasteiger partial charge in [-0.1, -0.05) is 24.3 Å². The fourth-order valence-corrected chi connectivity index (χ4v) is 1.80. The van der Waals surface area contributed by atoms with E-state index < -0.39 is 6.36 Å². The molecule has 0 N–H and O–H groups in total. The molecule has 2 aromatic carbocycles. The number of alkyl halides is 3. The minimum Gasteiger partial charge on any atom is -0.406 e. The third-order valence-corrected chi connectivity index (χ3v) is 2.80. The maximum absolute atomic E-state index is 12.1. The highest BCUT2D eigenvalue weighted by atomic mass is 19.4. The first-order valence-corrected chi connectivity index (χ1v) is 5.99. The van der Waals surface area contributed by atoms with E-state index in [1.54, 1.807) is 12.1 Å². The van der Waals surface area contributed by atoms with Crippen molar-refractivity contribution in [3.05, 3.63) is 48.5 Å². The summed E-state index contributed by atoms with van der Waals surface area (Å²) in [7, 11) is 3.89. The Morgan fingerprint density at radius 2 is 1.25 bits per heavy atom. The van der Waals surface area contributed by atoms with E-state index in [0.29, 0.717) is 0 Å². The van der Waals surface area contributed by atoms with Gasteiger partial charge >= 0.3 is 6.36 Å². The van der Waals surface area contributed by atoms with Crippen LogP contribution < -0.4 is 9.64 Å². The Hall–Kier alpha value is -2.17. The van der Waals surface area contributed by atoms with Crippen LogP contribution in [0.1, 0.15) is 0 Å². The van der Waals surface area contributed by atoms with Gasteiger partial charge in [-0.3, -0.25) is 0 Å². The number of benzene rings is 2. The lowest BCUT2D eigenvalue weighted by Crippen LogP contribution is -2.16. The van der Waals surface area contributed by atoms with E-state index in [1.165, 1.54) is 12.1 Å². The van der Waals surface area contributed by atoms with E-state index in [9.17, 15) is 13.2 Å². The van der Waals surface area contributed by atoms with Gasteiger partial charge in [0.25, 0.3) is 0 Å². The van der Waals surface area contributed by atoms with Gasteiger partial charge in [-0.05, 0) is 35.4 Å². The molecule has 0 atom stereocenters. The molecule has 106 valence electrons. The number of ether oxygens (including phenoxy) is 1. The quantitative estimate of drug-likeness (QED) is 0.830. The fraction of sp³-hybridized carbons (Fsp3) is 0.200. The second-order valence-electron chi connectivity index (χ2n) is 4.51. The predicted octanol–water partition coefficient (Wildman–Crippen LogP) is 4.32.